The highest BCUT2D eigenvalue weighted by Gasteiger charge is 2.38. The summed E-state index contributed by atoms with van der Waals surface area (Å²) in [6.45, 7) is 10.1. The number of alkyl halides is 3. The van der Waals surface area contributed by atoms with Crippen molar-refractivity contribution in [2.45, 2.75) is 51.5 Å². The summed E-state index contributed by atoms with van der Waals surface area (Å²) in [7, 11) is 0. The molecule has 212 valence electrons. The van der Waals surface area contributed by atoms with Crippen molar-refractivity contribution < 1.29 is 31.9 Å². The fourth-order valence-corrected chi connectivity index (χ4v) is 4.17. The van der Waals surface area contributed by atoms with E-state index >= 15 is 0 Å². The maximum Gasteiger partial charge on any atom is 0.490 e. The van der Waals surface area contributed by atoms with E-state index in [9.17, 15) is 22.0 Å². The van der Waals surface area contributed by atoms with E-state index in [2.05, 4.69) is 46.3 Å². The molecule has 1 atom stereocenters. The molecule has 1 unspecified atom stereocenters. The van der Waals surface area contributed by atoms with E-state index in [0.717, 1.165) is 70.2 Å². The minimum Gasteiger partial charge on any atom is -0.475 e. The molecule has 2 aromatic rings. The Morgan fingerprint density at radius 1 is 1.00 bits per heavy atom. The Bertz CT molecular complexity index is 980. The van der Waals surface area contributed by atoms with Crippen LogP contribution in [0.2, 0.25) is 0 Å². The molecule has 0 aromatic heterocycles. The van der Waals surface area contributed by atoms with E-state index in [1.165, 1.54) is 11.6 Å². The van der Waals surface area contributed by atoms with E-state index in [0.29, 0.717) is 18.7 Å². The van der Waals surface area contributed by atoms with Crippen molar-refractivity contribution in [1.82, 2.24) is 15.1 Å². The number of hydrogen-bond donors (Lipinski definition) is 3. The molecule has 0 radical (unpaired) electrons. The van der Waals surface area contributed by atoms with Crippen LogP contribution in [0.1, 0.15) is 48.9 Å². The van der Waals surface area contributed by atoms with Crippen molar-refractivity contribution in [3.63, 3.8) is 0 Å². The quantitative estimate of drug-likeness (QED) is 0.281. The minimum atomic E-state index is -5.08. The lowest BCUT2D eigenvalue weighted by atomic mass is 9.99. The second-order valence-electron chi connectivity index (χ2n) is 9.21. The number of nitrogens with two attached hydrogens (primary N) is 1. The molecule has 11 heteroatoms. The Balaban J connectivity index is 0.000000638. The number of piperazine rings is 1. The molecule has 1 saturated heterocycles. The standard InChI is InChI=1S/C25H36F2N4.C2HF3O2/c1-2-30-13-15-31(16-14-30)19-21-8-6-20(7-9-21)18-29-25(5-3-4-12-28)23-11-10-22(26)17-24(23)27;3-2(4,5)1(6)7/h6-11,17,25,29H,2-5,12-16,18-19,28H2,1H3;(H,6,7). The molecule has 0 aliphatic carbocycles. The van der Waals surface area contributed by atoms with Crippen LogP contribution in [0.15, 0.2) is 42.5 Å². The van der Waals surface area contributed by atoms with Crippen molar-refractivity contribution in [3.8, 4) is 0 Å². The van der Waals surface area contributed by atoms with Crippen LogP contribution in [0.4, 0.5) is 22.0 Å². The van der Waals surface area contributed by atoms with Gasteiger partial charge in [0.2, 0.25) is 0 Å². The molecule has 0 spiro atoms. The van der Waals surface area contributed by atoms with Crippen LogP contribution in [0, 0.1) is 11.6 Å². The summed E-state index contributed by atoms with van der Waals surface area (Å²) >= 11 is 0. The summed E-state index contributed by atoms with van der Waals surface area (Å²) in [4.78, 5) is 13.9. The third-order valence-corrected chi connectivity index (χ3v) is 6.42. The van der Waals surface area contributed by atoms with Gasteiger partial charge in [-0.05, 0) is 43.1 Å². The summed E-state index contributed by atoms with van der Waals surface area (Å²) in [6, 6.07) is 12.3. The van der Waals surface area contributed by atoms with Gasteiger partial charge in [-0.1, -0.05) is 43.7 Å². The summed E-state index contributed by atoms with van der Waals surface area (Å²) in [6.07, 6.45) is -2.53. The van der Waals surface area contributed by atoms with Crippen LogP contribution < -0.4 is 11.1 Å². The van der Waals surface area contributed by atoms with Crippen molar-refractivity contribution in [3.05, 3.63) is 70.8 Å². The van der Waals surface area contributed by atoms with Crippen LogP contribution in [0.25, 0.3) is 0 Å². The number of carboxylic acids is 1. The van der Waals surface area contributed by atoms with Crippen LogP contribution in [0.3, 0.4) is 0 Å². The second kappa shape index (κ2) is 15.7. The van der Waals surface area contributed by atoms with Gasteiger partial charge in [-0.25, -0.2) is 13.6 Å². The van der Waals surface area contributed by atoms with Gasteiger partial charge in [0, 0.05) is 56.9 Å². The number of nitrogens with zero attached hydrogens (tertiary/aromatic N) is 2. The SMILES string of the molecule is CCN1CCN(Cc2ccc(CNC(CCCCN)c3ccc(F)cc3F)cc2)CC1.O=C(O)C(F)(F)F. The number of carboxylic acid groups (broad SMARTS) is 1. The molecule has 38 heavy (non-hydrogen) atoms. The predicted molar refractivity (Wildman–Crippen MR) is 136 cm³/mol. The number of hydrogen-bond acceptors (Lipinski definition) is 5. The normalized spacial score (nSPS) is 15.6. The molecule has 0 saturated carbocycles. The molecule has 6 nitrogen and oxygen atoms in total. The average molecular weight is 545 g/mol. The number of nitrogens with one attached hydrogen (secondary N) is 1. The zero-order chi connectivity index (χ0) is 28.1. The number of rotatable bonds is 11. The smallest absolute Gasteiger partial charge is 0.475 e. The molecule has 2 aromatic carbocycles. The molecular formula is C27H37F5N4O2. The molecule has 3 rings (SSSR count). The molecule has 1 fully saturated rings. The van der Waals surface area contributed by atoms with Gasteiger partial charge in [0.05, 0.1) is 0 Å². The van der Waals surface area contributed by atoms with Crippen LogP contribution >= 0.6 is 0 Å². The average Bonchev–Trinajstić information content (AvgIpc) is 2.88. The maximum atomic E-state index is 14.3. The molecule has 1 aliphatic rings. The Morgan fingerprint density at radius 3 is 2.11 bits per heavy atom. The zero-order valence-electron chi connectivity index (χ0n) is 21.6. The topological polar surface area (TPSA) is 81.8 Å². The van der Waals surface area contributed by atoms with E-state index in [-0.39, 0.29) is 6.04 Å². The Labute approximate surface area is 220 Å². The molecule has 4 N–H and O–H groups in total. The third kappa shape index (κ3) is 11.0. The first-order chi connectivity index (χ1) is 18.0. The fraction of sp³-hybridized carbons (Fsp3) is 0.519. The molecule has 1 heterocycles. The van der Waals surface area contributed by atoms with Crippen molar-refractivity contribution in [2.75, 3.05) is 39.3 Å². The monoisotopic (exact) mass is 544 g/mol. The highest BCUT2D eigenvalue weighted by atomic mass is 19.4. The summed E-state index contributed by atoms with van der Waals surface area (Å²) in [5.74, 6) is -3.80. The minimum absolute atomic E-state index is 0.165. The second-order valence-corrected chi connectivity index (χ2v) is 9.21. The van der Waals surface area contributed by atoms with E-state index in [4.69, 9.17) is 15.6 Å². The number of aliphatic carboxylic acids is 1. The van der Waals surface area contributed by atoms with Gasteiger partial charge < -0.3 is 21.1 Å². The van der Waals surface area contributed by atoms with Crippen LogP contribution in [0.5, 0.6) is 0 Å². The van der Waals surface area contributed by atoms with Gasteiger partial charge in [0.15, 0.2) is 0 Å². The molecular weight excluding hydrogens is 507 g/mol. The highest BCUT2D eigenvalue weighted by molar-refractivity contribution is 5.73. The van der Waals surface area contributed by atoms with Gasteiger partial charge in [-0.3, -0.25) is 4.90 Å². The lowest BCUT2D eigenvalue weighted by Gasteiger charge is -2.34. The molecule has 0 bridgehead atoms. The summed E-state index contributed by atoms with van der Waals surface area (Å²) < 4.78 is 59.4. The van der Waals surface area contributed by atoms with Crippen molar-refractivity contribution in [1.29, 1.82) is 0 Å². The van der Waals surface area contributed by atoms with Crippen LogP contribution in [-0.2, 0) is 17.9 Å². The van der Waals surface area contributed by atoms with Crippen molar-refractivity contribution >= 4 is 5.97 Å². The van der Waals surface area contributed by atoms with E-state index in [1.807, 2.05) is 0 Å². The Kier molecular flexibility index (Phi) is 13.1. The first-order valence-electron chi connectivity index (χ1n) is 12.7. The van der Waals surface area contributed by atoms with Gasteiger partial charge in [-0.15, -0.1) is 0 Å². The lowest BCUT2D eigenvalue weighted by molar-refractivity contribution is -0.192. The third-order valence-electron chi connectivity index (χ3n) is 6.42. The zero-order valence-corrected chi connectivity index (χ0v) is 21.6. The Hall–Kier alpha value is -2.60. The van der Waals surface area contributed by atoms with E-state index in [1.54, 1.807) is 6.07 Å². The predicted octanol–water partition coefficient (Wildman–Crippen LogP) is 4.70. The molecule has 1 aliphatic heterocycles. The largest absolute Gasteiger partial charge is 0.490 e. The van der Waals surface area contributed by atoms with Gasteiger partial charge >= 0.3 is 12.1 Å². The Morgan fingerprint density at radius 2 is 1.58 bits per heavy atom. The van der Waals surface area contributed by atoms with Gasteiger partial charge in [-0.2, -0.15) is 13.2 Å². The van der Waals surface area contributed by atoms with Gasteiger partial charge in [0.25, 0.3) is 0 Å². The molecule has 0 amide bonds. The summed E-state index contributed by atoms with van der Waals surface area (Å²) in [5.41, 5.74) is 8.60. The lowest BCUT2D eigenvalue weighted by Crippen LogP contribution is -2.45. The fourth-order valence-electron chi connectivity index (χ4n) is 4.17. The first-order valence-corrected chi connectivity index (χ1v) is 12.7. The van der Waals surface area contributed by atoms with Crippen LogP contribution in [-0.4, -0.2) is 66.3 Å². The van der Waals surface area contributed by atoms with Gasteiger partial charge in [0.1, 0.15) is 11.6 Å². The van der Waals surface area contributed by atoms with Crippen molar-refractivity contribution in [2.24, 2.45) is 5.73 Å². The van der Waals surface area contributed by atoms with E-state index < -0.39 is 23.8 Å². The number of unbranched alkanes of at least 4 members (excludes halogenated alkanes) is 1. The number of likely N-dealkylation sites (N-methyl/N-ethyl adjacent to an activating group) is 1. The number of benzene rings is 2. The summed E-state index contributed by atoms with van der Waals surface area (Å²) in [5, 5.41) is 10.6. The number of halogens is 5. The number of carbonyl (C=O) groups is 1. The first kappa shape index (κ1) is 31.6. The maximum absolute atomic E-state index is 14.3. The highest BCUT2D eigenvalue weighted by Crippen LogP contribution is 2.24.